The second-order valence-electron chi connectivity index (χ2n) is 3.74. The highest BCUT2D eigenvalue weighted by atomic mass is 79.9. The van der Waals surface area contributed by atoms with Gasteiger partial charge in [0, 0.05) is 33.3 Å². The first-order valence-electron chi connectivity index (χ1n) is 5.15. The molecule has 1 aromatic rings. The zero-order chi connectivity index (χ0) is 13.7. The summed E-state index contributed by atoms with van der Waals surface area (Å²) < 4.78 is 0.494. The van der Waals surface area contributed by atoms with Crippen molar-refractivity contribution in [3.8, 4) is 0 Å². The summed E-state index contributed by atoms with van der Waals surface area (Å²) in [5.41, 5.74) is 0.211. The Morgan fingerprint density at radius 2 is 2.22 bits per heavy atom. The van der Waals surface area contributed by atoms with Gasteiger partial charge in [0.25, 0.3) is 0 Å². The van der Waals surface area contributed by atoms with Crippen LogP contribution in [-0.4, -0.2) is 41.4 Å². The van der Waals surface area contributed by atoms with Crippen LogP contribution in [0.1, 0.15) is 6.42 Å². The molecule has 1 rings (SSSR count). The zero-order valence-corrected chi connectivity index (χ0v) is 11.6. The van der Waals surface area contributed by atoms with Gasteiger partial charge in [-0.15, -0.1) is 0 Å². The van der Waals surface area contributed by atoms with E-state index in [2.05, 4.69) is 26.2 Å². The average Bonchev–Trinajstić information content (AvgIpc) is 2.30. The number of carbonyl (C=O) groups excluding carboxylic acids is 1. The van der Waals surface area contributed by atoms with Gasteiger partial charge in [0.05, 0.1) is 9.40 Å². The van der Waals surface area contributed by atoms with E-state index in [1.165, 1.54) is 17.3 Å². The SMILES string of the molecule is CN(C)C(=O)CCNc1c(Br)cncc1[N+](=O)[O-]. The minimum Gasteiger partial charge on any atom is -0.378 e. The molecule has 98 valence electrons. The Kier molecular flexibility index (Phi) is 5.02. The summed E-state index contributed by atoms with van der Waals surface area (Å²) in [6.07, 6.45) is 2.89. The number of pyridine rings is 1. The molecule has 0 bridgehead atoms. The van der Waals surface area contributed by atoms with E-state index in [1.807, 2.05) is 0 Å². The quantitative estimate of drug-likeness (QED) is 0.659. The van der Waals surface area contributed by atoms with Crippen LogP contribution >= 0.6 is 15.9 Å². The fraction of sp³-hybridized carbons (Fsp3) is 0.400. The second kappa shape index (κ2) is 6.29. The number of amides is 1. The number of aromatic nitrogens is 1. The lowest BCUT2D eigenvalue weighted by atomic mass is 10.3. The maximum atomic E-state index is 11.4. The smallest absolute Gasteiger partial charge is 0.311 e. The van der Waals surface area contributed by atoms with Crippen molar-refractivity contribution >= 4 is 33.2 Å². The van der Waals surface area contributed by atoms with Gasteiger partial charge < -0.3 is 10.2 Å². The summed E-state index contributed by atoms with van der Waals surface area (Å²) in [4.78, 5) is 26.9. The van der Waals surface area contributed by atoms with Gasteiger partial charge in [0.2, 0.25) is 5.91 Å². The van der Waals surface area contributed by atoms with Gasteiger partial charge in [-0.05, 0) is 15.9 Å². The Morgan fingerprint density at radius 1 is 1.56 bits per heavy atom. The van der Waals surface area contributed by atoms with Crippen LogP contribution in [0.5, 0.6) is 0 Å². The number of hydrogen-bond donors (Lipinski definition) is 1. The predicted molar refractivity (Wildman–Crippen MR) is 70.4 cm³/mol. The molecule has 0 fully saturated rings. The van der Waals surface area contributed by atoms with Gasteiger partial charge in [-0.3, -0.25) is 19.9 Å². The van der Waals surface area contributed by atoms with Crippen molar-refractivity contribution in [2.75, 3.05) is 26.0 Å². The minimum absolute atomic E-state index is 0.0460. The normalized spacial score (nSPS) is 9.94. The molecule has 18 heavy (non-hydrogen) atoms. The van der Waals surface area contributed by atoms with Crippen LogP contribution in [0, 0.1) is 10.1 Å². The molecule has 0 unspecified atom stereocenters. The second-order valence-corrected chi connectivity index (χ2v) is 4.59. The first-order valence-corrected chi connectivity index (χ1v) is 5.94. The van der Waals surface area contributed by atoms with Crippen LogP contribution in [0.25, 0.3) is 0 Å². The van der Waals surface area contributed by atoms with E-state index >= 15 is 0 Å². The molecule has 0 saturated carbocycles. The fourth-order valence-electron chi connectivity index (χ4n) is 1.26. The van der Waals surface area contributed by atoms with Gasteiger partial charge in [-0.2, -0.15) is 0 Å². The highest BCUT2D eigenvalue weighted by Crippen LogP contribution is 2.30. The molecule has 0 spiro atoms. The van der Waals surface area contributed by atoms with Crippen LogP contribution in [0.3, 0.4) is 0 Å². The third-order valence-electron chi connectivity index (χ3n) is 2.22. The number of rotatable bonds is 5. The highest BCUT2D eigenvalue weighted by molar-refractivity contribution is 9.10. The molecule has 0 saturated heterocycles. The maximum absolute atomic E-state index is 11.4. The Morgan fingerprint density at radius 3 is 2.78 bits per heavy atom. The van der Waals surface area contributed by atoms with Gasteiger partial charge in [0.15, 0.2) is 0 Å². The third kappa shape index (κ3) is 3.66. The van der Waals surface area contributed by atoms with Crippen LogP contribution in [0.2, 0.25) is 0 Å². The third-order valence-corrected chi connectivity index (χ3v) is 2.82. The molecule has 1 amide bonds. The molecule has 8 heteroatoms. The van der Waals surface area contributed by atoms with Crippen molar-refractivity contribution < 1.29 is 9.72 Å². The van der Waals surface area contributed by atoms with E-state index in [0.717, 1.165) is 0 Å². The summed E-state index contributed by atoms with van der Waals surface area (Å²) in [6.45, 7) is 0.320. The minimum atomic E-state index is -0.520. The largest absolute Gasteiger partial charge is 0.378 e. The number of carbonyl (C=O) groups is 1. The van der Waals surface area contributed by atoms with E-state index in [9.17, 15) is 14.9 Å². The topological polar surface area (TPSA) is 88.4 Å². The monoisotopic (exact) mass is 316 g/mol. The van der Waals surface area contributed by atoms with E-state index < -0.39 is 4.92 Å². The molecule has 0 atom stereocenters. The zero-order valence-electron chi connectivity index (χ0n) is 10.0. The summed E-state index contributed by atoms with van der Waals surface area (Å²) in [7, 11) is 3.32. The number of nitrogens with zero attached hydrogens (tertiary/aromatic N) is 3. The van der Waals surface area contributed by atoms with E-state index in [1.54, 1.807) is 14.1 Å². The number of nitro groups is 1. The molecule has 0 aliphatic carbocycles. The van der Waals surface area contributed by atoms with Gasteiger partial charge >= 0.3 is 5.69 Å². The molecule has 0 aromatic carbocycles. The number of halogens is 1. The lowest BCUT2D eigenvalue weighted by molar-refractivity contribution is -0.384. The van der Waals surface area contributed by atoms with Crippen LogP contribution in [-0.2, 0) is 4.79 Å². The van der Waals surface area contributed by atoms with Gasteiger partial charge in [0.1, 0.15) is 11.9 Å². The molecule has 1 N–H and O–H groups in total. The van der Waals surface area contributed by atoms with Gasteiger partial charge in [-0.25, -0.2) is 0 Å². The Balaban J connectivity index is 2.73. The van der Waals surface area contributed by atoms with Gasteiger partial charge in [-0.1, -0.05) is 0 Å². The average molecular weight is 317 g/mol. The van der Waals surface area contributed by atoms with Crippen molar-refractivity contribution in [2.45, 2.75) is 6.42 Å². The van der Waals surface area contributed by atoms with Crippen molar-refractivity contribution in [1.29, 1.82) is 0 Å². The fourth-order valence-corrected chi connectivity index (χ4v) is 1.72. The van der Waals surface area contributed by atoms with Crippen molar-refractivity contribution in [2.24, 2.45) is 0 Å². The van der Waals surface area contributed by atoms with E-state index in [-0.39, 0.29) is 18.0 Å². The van der Waals surface area contributed by atoms with Crippen LogP contribution in [0.4, 0.5) is 11.4 Å². The Bertz CT molecular complexity index is 464. The van der Waals surface area contributed by atoms with Crippen LogP contribution < -0.4 is 5.32 Å². The molecule has 0 radical (unpaired) electrons. The lowest BCUT2D eigenvalue weighted by Gasteiger charge is -2.11. The molecular formula is C10H13BrN4O3. The highest BCUT2D eigenvalue weighted by Gasteiger charge is 2.17. The molecule has 1 heterocycles. The Labute approximate surface area is 112 Å². The first kappa shape index (κ1) is 14.4. The van der Waals surface area contributed by atoms with Crippen molar-refractivity contribution in [1.82, 2.24) is 9.88 Å². The van der Waals surface area contributed by atoms with E-state index in [0.29, 0.717) is 16.7 Å². The van der Waals surface area contributed by atoms with Crippen LogP contribution in [0.15, 0.2) is 16.9 Å². The Hall–Kier alpha value is -1.70. The number of anilines is 1. The maximum Gasteiger partial charge on any atom is 0.311 e. The molecule has 0 aliphatic rings. The van der Waals surface area contributed by atoms with Crippen molar-refractivity contribution in [3.05, 3.63) is 27.0 Å². The molecule has 0 aliphatic heterocycles. The number of hydrogen-bond acceptors (Lipinski definition) is 5. The van der Waals surface area contributed by atoms with Crippen molar-refractivity contribution in [3.63, 3.8) is 0 Å². The summed E-state index contributed by atoms with van der Waals surface area (Å²) in [5.74, 6) is -0.0460. The molecule has 1 aromatic heterocycles. The predicted octanol–water partition coefficient (Wildman–Crippen LogP) is 1.64. The molecule has 7 nitrogen and oxygen atoms in total. The summed E-state index contributed by atoms with van der Waals surface area (Å²) >= 11 is 3.19. The number of nitrogens with one attached hydrogen (secondary N) is 1. The summed E-state index contributed by atoms with van der Waals surface area (Å²) in [6, 6.07) is 0. The van der Waals surface area contributed by atoms with E-state index in [4.69, 9.17) is 0 Å². The molecular weight excluding hydrogens is 304 g/mol. The summed E-state index contributed by atoms with van der Waals surface area (Å²) in [5, 5.41) is 13.7. The lowest BCUT2D eigenvalue weighted by Crippen LogP contribution is -2.24. The standard InChI is InChI=1S/C10H13BrN4O3/c1-14(2)9(16)3-4-13-10-7(11)5-12-6-8(10)15(17)18/h5-6H,3-4H2,1-2H3,(H,12,13). The first-order chi connectivity index (χ1) is 8.43.